The largest absolute Gasteiger partial charge is 0.477 e. The highest BCUT2D eigenvalue weighted by molar-refractivity contribution is 7.12. The number of thiazole rings is 1. The van der Waals surface area contributed by atoms with Gasteiger partial charge in [0.05, 0.1) is 11.2 Å². The molecular weight excluding hydrogens is 200 g/mol. The molecule has 0 aliphatic carbocycles. The van der Waals surface area contributed by atoms with E-state index in [9.17, 15) is 4.79 Å². The Morgan fingerprint density at radius 2 is 2.36 bits per heavy atom. The van der Waals surface area contributed by atoms with Crippen molar-refractivity contribution in [2.45, 2.75) is 0 Å². The van der Waals surface area contributed by atoms with Crippen LogP contribution >= 0.6 is 11.3 Å². The highest BCUT2D eigenvalue weighted by Crippen LogP contribution is 2.24. The van der Waals surface area contributed by atoms with E-state index in [1.54, 1.807) is 24.5 Å². The van der Waals surface area contributed by atoms with Gasteiger partial charge in [0, 0.05) is 18.0 Å². The lowest BCUT2D eigenvalue weighted by molar-refractivity contribution is 0.0702. The highest BCUT2D eigenvalue weighted by Gasteiger charge is 2.14. The first-order valence-corrected chi connectivity index (χ1v) is 4.74. The number of rotatable bonds is 2. The molecule has 2 rings (SSSR count). The maximum atomic E-state index is 10.8. The number of aromatic nitrogens is 2. The van der Waals surface area contributed by atoms with Gasteiger partial charge in [-0.05, 0) is 12.1 Å². The number of carbonyl (C=O) groups is 1. The van der Waals surface area contributed by atoms with E-state index < -0.39 is 5.97 Å². The lowest BCUT2D eigenvalue weighted by Gasteiger charge is -1.96. The van der Waals surface area contributed by atoms with Crippen molar-refractivity contribution in [2.24, 2.45) is 0 Å². The Bertz CT molecular complexity index is 453. The minimum atomic E-state index is -0.952. The van der Waals surface area contributed by atoms with Gasteiger partial charge in [0.15, 0.2) is 0 Å². The molecule has 0 atom stereocenters. The highest BCUT2D eigenvalue weighted by atomic mass is 32.1. The van der Waals surface area contributed by atoms with Gasteiger partial charge in [-0.2, -0.15) is 0 Å². The van der Waals surface area contributed by atoms with Crippen LogP contribution in [0, 0.1) is 0 Å². The van der Waals surface area contributed by atoms with Crippen molar-refractivity contribution in [2.75, 3.05) is 0 Å². The van der Waals surface area contributed by atoms with Gasteiger partial charge >= 0.3 is 5.97 Å². The van der Waals surface area contributed by atoms with Gasteiger partial charge in [-0.15, -0.1) is 11.3 Å². The molecule has 1 N–H and O–H groups in total. The topological polar surface area (TPSA) is 63.1 Å². The number of hydrogen-bond donors (Lipinski definition) is 1. The summed E-state index contributed by atoms with van der Waals surface area (Å²) < 4.78 is 0. The summed E-state index contributed by atoms with van der Waals surface area (Å²) in [4.78, 5) is 19.0. The smallest absolute Gasteiger partial charge is 0.348 e. The minimum Gasteiger partial charge on any atom is -0.477 e. The molecule has 0 fully saturated rings. The summed E-state index contributed by atoms with van der Waals surface area (Å²) in [6, 6.07) is 3.54. The van der Waals surface area contributed by atoms with Gasteiger partial charge < -0.3 is 5.11 Å². The standard InChI is InChI=1S/C9H6N2O2S/c12-9(13)8-7(11-5-14-8)6-2-1-3-10-4-6/h1-5H,(H,12,13). The maximum Gasteiger partial charge on any atom is 0.348 e. The molecule has 70 valence electrons. The first-order chi connectivity index (χ1) is 6.79. The van der Waals surface area contributed by atoms with Crippen molar-refractivity contribution in [3.8, 4) is 11.3 Å². The van der Waals surface area contributed by atoms with Crippen LogP contribution in [0.25, 0.3) is 11.3 Å². The van der Waals surface area contributed by atoms with Gasteiger partial charge in [-0.1, -0.05) is 0 Å². The fraction of sp³-hybridized carbons (Fsp3) is 0. The van der Waals surface area contributed by atoms with Gasteiger partial charge in [-0.25, -0.2) is 9.78 Å². The van der Waals surface area contributed by atoms with Gasteiger partial charge in [-0.3, -0.25) is 4.98 Å². The Balaban J connectivity index is 2.52. The zero-order valence-electron chi connectivity index (χ0n) is 7.04. The van der Waals surface area contributed by atoms with Crippen molar-refractivity contribution in [3.63, 3.8) is 0 Å². The minimum absolute atomic E-state index is 0.248. The molecule has 0 radical (unpaired) electrons. The summed E-state index contributed by atoms with van der Waals surface area (Å²) in [7, 11) is 0. The van der Waals surface area contributed by atoms with E-state index >= 15 is 0 Å². The monoisotopic (exact) mass is 206 g/mol. The maximum absolute atomic E-state index is 10.8. The Labute approximate surface area is 83.9 Å². The van der Waals surface area contributed by atoms with Crippen LogP contribution in [0.4, 0.5) is 0 Å². The van der Waals surface area contributed by atoms with Crippen LogP contribution in [-0.4, -0.2) is 21.0 Å². The summed E-state index contributed by atoms with van der Waals surface area (Å²) in [5, 5.41) is 8.87. The molecule has 2 aromatic rings. The lowest BCUT2D eigenvalue weighted by atomic mass is 10.2. The number of hydrogen-bond acceptors (Lipinski definition) is 4. The summed E-state index contributed by atoms with van der Waals surface area (Å²) in [6.07, 6.45) is 3.23. The van der Waals surface area contributed by atoms with E-state index in [2.05, 4.69) is 9.97 Å². The first-order valence-electron chi connectivity index (χ1n) is 3.86. The molecular formula is C9H6N2O2S. The van der Waals surface area contributed by atoms with Crippen molar-refractivity contribution in [1.29, 1.82) is 0 Å². The molecule has 0 amide bonds. The van der Waals surface area contributed by atoms with E-state index in [1.807, 2.05) is 0 Å². The molecule has 2 aromatic heterocycles. The predicted octanol–water partition coefficient (Wildman–Crippen LogP) is 1.90. The molecule has 0 saturated heterocycles. The molecule has 0 spiro atoms. The molecule has 14 heavy (non-hydrogen) atoms. The third-order valence-electron chi connectivity index (χ3n) is 1.70. The average molecular weight is 206 g/mol. The summed E-state index contributed by atoms with van der Waals surface area (Å²) in [5.41, 5.74) is 2.73. The summed E-state index contributed by atoms with van der Waals surface area (Å²) in [6.45, 7) is 0. The lowest BCUT2D eigenvalue weighted by Crippen LogP contribution is -1.95. The fourth-order valence-electron chi connectivity index (χ4n) is 1.11. The zero-order chi connectivity index (χ0) is 9.97. The SMILES string of the molecule is O=C(O)c1scnc1-c1cccnc1. The molecule has 0 bridgehead atoms. The second-order valence-electron chi connectivity index (χ2n) is 2.58. The third kappa shape index (κ3) is 1.49. The van der Waals surface area contributed by atoms with Crippen LogP contribution in [0.5, 0.6) is 0 Å². The van der Waals surface area contributed by atoms with Crippen LogP contribution in [0.15, 0.2) is 30.0 Å². The summed E-state index contributed by atoms with van der Waals surface area (Å²) in [5.74, 6) is -0.952. The molecule has 0 aromatic carbocycles. The zero-order valence-corrected chi connectivity index (χ0v) is 7.86. The number of pyridine rings is 1. The van der Waals surface area contributed by atoms with E-state index in [1.165, 1.54) is 5.51 Å². The Hall–Kier alpha value is -1.75. The molecule has 0 saturated carbocycles. The van der Waals surface area contributed by atoms with E-state index in [0.717, 1.165) is 16.9 Å². The number of carboxylic acid groups (broad SMARTS) is 1. The Morgan fingerprint density at radius 3 is 3.00 bits per heavy atom. The van der Waals surface area contributed by atoms with Crippen LogP contribution < -0.4 is 0 Å². The predicted molar refractivity (Wildman–Crippen MR) is 52.3 cm³/mol. The van der Waals surface area contributed by atoms with Crippen molar-refractivity contribution < 1.29 is 9.90 Å². The summed E-state index contributed by atoms with van der Waals surface area (Å²) >= 11 is 1.11. The van der Waals surface area contributed by atoms with Crippen LogP contribution in [0.1, 0.15) is 9.67 Å². The average Bonchev–Trinajstić information content (AvgIpc) is 2.67. The van der Waals surface area contributed by atoms with E-state index in [-0.39, 0.29) is 4.88 Å². The number of nitrogens with zero attached hydrogens (tertiary/aromatic N) is 2. The normalized spacial score (nSPS) is 10.0. The molecule has 2 heterocycles. The van der Waals surface area contributed by atoms with Crippen LogP contribution in [0.3, 0.4) is 0 Å². The van der Waals surface area contributed by atoms with E-state index in [4.69, 9.17) is 5.11 Å². The Kier molecular flexibility index (Phi) is 2.24. The quantitative estimate of drug-likeness (QED) is 0.815. The molecule has 0 aliphatic rings. The van der Waals surface area contributed by atoms with Crippen LogP contribution in [0.2, 0.25) is 0 Å². The Morgan fingerprint density at radius 1 is 1.50 bits per heavy atom. The molecule has 4 nitrogen and oxygen atoms in total. The van der Waals surface area contributed by atoms with Crippen molar-refractivity contribution in [3.05, 3.63) is 34.9 Å². The van der Waals surface area contributed by atoms with Crippen LogP contribution in [-0.2, 0) is 0 Å². The fourth-order valence-corrected chi connectivity index (χ4v) is 1.75. The first kappa shape index (κ1) is 8.83. The third-order valence-corrected chi connectivity index (χ3v) is 2.51. The number of aromatic carboxylic acids is 1. The van der Waals surface area contributed by atoms with E-state index in [0.29, 0.717) is 5.69 Å². The van der Waals surface area contributed by atoms with Gasteiger partial charge in [0.1, 0.15) is 4.88 Å². The number of carboxylic acids is 1. The molecule has 0 aliphatic heterocycles. The molecule has 5 heteroatoms. The second-order valence-corrected chi connectivity index (χ2v) is 3.43. The molecule has 0 unspecified atom stereocenters. The van der Waals surface area contributed by atoms with Crippen molar-refractivity contribution >= 4 is 17.3 Å². The second kappa shape index (κ2) is 3.55. The van der Waals surface area contributed by atoms with Gasteiger partial charge in [0.2, 0.25) is 0 Å². The van der Waals surface area contributed by atoms with Gasteiger partial charge in [0.25, 0.3) is 0 Å². The van der Waals surface area contributed by atoms with Crippen molar-refractivity contribution in [1.82, 2.24) is 9.97 Å².